The van der Waals surface area contributed by atoms with Gasteiger partial charge in [-0.15, -0.1) is 0 Å². The van der Waals surface area contributed by atoms with Crippen LogP contribution < -0.4 is 14.2 Å². The summed E-state index contributed by atoms with van der Waals surface area (Å²) in [6, 6.07) is 9.18. The van der Waals surface area contributed by atoms with Crippen LogP contribution >= 0.6 is 0 Å². The van der Waals surface area contributed by atoms with Gasteiger partial charge in [-0.05, 0) is 42.7 Å². The standard InChI is InChI=1S/C22H22O7/c1-13(23)29-22(8-9-22)12-28-19-16(6-7-18(25-2)20(19)26-3)14-4-5-17-15(10-14)11-27-21(17)24/h4-7,10H,8-9,11-12H2,1-3H3. The summed E-state index contributed by atoms with van der Waals surface area (Å²) in [6.45, 7) is 1.86. The molecule has 7 heteroatoms. The highest BCUT2D eigenvalue weighted by Gasteiger charge is 2.47. The summed E-state index contributed by atoms with van der Waals surface area (Å²) in [5.41, 5.74) is 2.45. The number of benzene rings is 2. The first kappa shape index (κ1) is 19.1. The predicted molar refractivity (Wildman–Crippen MR) is 103 cm³/mol. The van der Waals surface area contributed by atoms with E-state index >= 15 is 0 Å². The third kappa shape index (κ3) is 3.60. The number of cyclic esters (lactones) is 1. The van der Waals surface area contributed by atoms with E-state index in [4.69, 9.17) is 23.7 Å². The van der Waals surface area contributed by atoms with E-state index in [1.54, 1.807) is 26.4 Å². The normalized spacial score (nSPS) is 15.9. The SMILES string of the molecule is COc1ccc(-c2ccc3c(c2)COC3=O)c(OCC2(OC(C)=O)CC2)c1OC. The van der Waals surface area contributed by atoms with E-state index in [1.807, 2.05) is 18.2 Å². The first-order chi connectivity index (χ1) is 14.0. The summed E-state index contributed by atoms with van der Waals surface area (Å²) in [5.74, 6) is 0.842. The van der Waals surface area contributed by atoms with Crippen LogP contribution in [0.1, 0.15) is 35.7 Å². The fraction of sp³-hybridized carbons (Fsp3) is 0.364. The van der Waals surface area contributed by atoms with E-state index in [9.17, 15) is 9.59 Å². The third-order valence-corrected chi connectivity index (χ3v) is 5.14. The molecular weight excluding hydrogens is 376 g/mol. The number of rotatable bonds is 7. The average Bonchev–Trinajstić information content (AvgIpc) is 3.37. The maximum absolute atomic E-state index is 11.7. The molecule has 152 valence electrons. The Morgan fingerprint density at radius 3 is 2.48 bits per heavy atom. The van der Waals surface area contributed by atoms with Crippen molar-refractivity contribution in [2.24, 2.45) is 0 Å². The molecule has 1 saturated carbocycles. The third-order valence-electron chi connectivity index (χ3n) is 5.14. The van der Waals surface area contributed by atoms with Crippen molar-refractivity contribution in [2.75, 3.05) is 20.8 Å². The molecule has 1 fully saturated rings. The summed E-state index contributed by atoms with van der Waals surface area (Å²) < 4.78 is 27.7. The van der Waals surface area contributed by atoms with Crippen molar-refractivity contribution in [1.82, 2.24) is 0 Å². The summed E-state index contributed by atoms with van der Waals surface area (Å²) in [7, 11) is 3.10. The van der Waals surface area contributed by atoms with E-state index in [-0.39, 0.29) is 25.2 Å². The minimum absolute atomic E-state index is 0.218. The molecule has 0 N–H and O–H groups in total. The highest BCUT2D eigenvalue weighted by Crippen LogP contribution is 2.47. The Kier molecular flexibility index (Phi) is 4.82. The van der Waals surface area contributed by atoms with E-state index in [0.29, 0.717) is 22.8 Å². The van der Waals surface area contributed by atoms with Gasteiger partial charge in [0.05, 0.1) is 19.8 Å². The van der Waals surface area contributed by atoms with Crippen LogP contribution in [0.4, 0.5) is 0 Å². The molecule has 0 radical (unpaired) electrons. The van der Waals surface area contributed by atoms with Gasteiger partial charge in [-0.1, -0.05) is 6.07 Å². The molecule has 0 aromatic heterocycles. The van der Waals surface area contributed by atoms with Crippen molar-refractivity contribution in [3.05, 3.63) is 41.5 Å². The van der Waals surface area contributed by atoms with E-state index < -0.39 is 5.60 Å². The van der Waals surface area contributed by atoms with Crippen molar-refractivity contribution in [3.8, 4) is 28.4 Å². The van der Waals surface area contributed by atoms with Gasteiger partial charge in [0.2, 0.25) is 5.75 Å². The van der Waals surface area contributed by atoms with Gasteiger partial charge in [-0.3, -0.25) is 4.79 Å². The van der Waals surface area contributed by atoms with E-state index in [1.165, 1.54) is 6.92 Å². The van der Waals surface area contributed by atoms with Crippen molar-refractivity contribution >= 4 is 11.9 Å². The Morgan fingerprint density at radius 1 is 1.07 bits per heavy atom. The molecule has 0 saturated heterocycles. The van der Waals surface area contributed by atoms with Crippen molar-refractivity contribution in [3.63, 3.8) is 0 Å². The highest BCUT2D eigenvalue weighted by molar-refractivity contribution is 5.94. The largest absolute Gasteiger partial charge is 0.493 e. The first-order valence-electron chi connectivity index (χ1n) is 9.34. The molecule has 1 aliphatic heterocycles. The fourth-order valence-corrected chi connectivity index (χ4v) is 3.49. The molecule has 0 bridgehead atoms. The van der Waals surface area contributed by atoms with E-state index in [0.717, 1.165) is 29.5 Å². The number of hydrogen-bond donors (Lipinski definition) is 0. The first-order valence-corrected chi connectivity index (χ1v) is 9.34. The number of methoxy groups -OCH3 is 2. The summed E-state index contributed by atoms with van der Waals surface area (Å²) in [4.78, 5) is 23.1. The maximum Gasteiger partial charge on any atom is 0.338 e. The van der Waals surface area contributed by atoms with Gasteiger partial charge < -0.3 is 23.7 Å². The van der Waals surface area contributed by atoms with Gasteiger partial charge in [0, 0.05) is 18.1 Å². The molecule has 0 amide bonds. The molecular formula is C22H22O7. The second kappa shape index (κ2) is 7.31. The van der Waals surface area contributed by atoms with Crippen LogP contribution in [-0.2, 0) is 20.9 Å². The number of carbonyl (C=O) groups is 2. The Hall–Kier alpha value is -3.22. The molecule has 2 aliphatic rings. The monoisotopic (exact) mass is 398 g/mol. The van der Waals surface area contributed by atoms with Gasteiger partial charge in [-0.2, -0.15) is 0 Å². The molecule has 7 nitrogen and oxygen atoms in total. The Bertz CT molecular complexity index is 975. The molecule has 0 spiro atoms. The zero-order valence-corrected chi connectivity index (χ0v) is 16.6. The van der Waals surface area contributed by atoms with Crippen LogP contribution in [0.5, 0.6) is 17.2 Å². The van der Waals surface area contributed by atoms with Gasteiger partial charge in [-0.25, -0.2) is 4.79 Å². The van der Waals surface area contributed by atoms with Crippen LogP contribution in [0.15, 0.2) is 30.3 Å². The molecule has 1 heterocycles. The van der Waals surface area contributed by atoms with Gasteiger partial charge >= 0.3 is 11.9 Å². The fourth-order valence-electron chi connectivity index (χ4n) is 3.49. The molecule has 4 rings (SSSR count). The quantitative estimate of drug-likeness (QED) is 0.660. The van der Waals surface area contributed by atoms with Crippen molar-refractivity contribution < 1.29 is 33.3 Å². The van der Waals surface area contributed by atoms with Crippen LogP contribution in [-0.4, -0.2) is 38.4 Å². The van der Waals surface area contributed by atoms with Crippen LogP contribution in [0.3, 0.4) is 0 Å². The summed E-state index contributed by atoms with van der Waals surface area (Å²) in [6.07, 6.45) is 1.51. The van der Waals surface area contributed by atoms with Crippen molar-refractivity contribution in [2.45, 2.75) is 32.0 Å². The summed E-state index contributed by atoms with van der Waals surface area (Å²) in [5, 5.41) is 0. The Labute approximate surface area is 168 Å². The molecule has 2 aromatic rings. The van der Waals surface area contributed by atoms with Crippen LogP contribution in [0.25, 0.3) is 11.1 Å². The molecule has 0 atom stereocenters. The molecule has 2 aromatic carbocycles. The second-order valence-corrected chi connectivity index (χ2v) is 7.19. The lowest BCUT2D eigenvalue weighted by molar-refractivity contribution is -0.150. The average molecular weight is 398 g/mol. The minimum atomic E-state index is -0.588. The maximum atomic E-state index is 11.7. The number of fused-ring (bicyclic) bond motifs is 1. The van der Waals surface area contributed by atoms with E-state index in [2.05, 4.69) is 0 Å². The van der Waals surface area contributed by atoms with Crippen LogP contribution in [0.2, 0.25) is 0 Å². The number of carbonyl (C=O) groups excluding carboxylic acids is 2. The van der Waals surface area contributed by atoms with Gasteiger partial charge in [0.25, 0.3) is 0 Å². The predicted octanol–water partition coefficient (Wildman–Crippen LogP) is 3.52. The van der Waals surface area contributed by atoms with Crippen molar-refractivity contribution in [1.29, 1.82) is 0 Å². The molecule has 0 unspecified atom stereocenters. The topological polar surface area (TPSA) is 80.3 Å². The lowest BCUT2D eigenvalue weighted by Gasteiger charge is -2.21. The Balaban J connectivity index is 1.72. The summed E-state index contributed by atoms with van der Waals surface area (Å²) >= 11 is 0. The Morgan fingerprint density at radius 2 is 1.83 bits per heavy atom. The highest BCUT2D eigenvalue weighted by atomic mass is 16.6. The molecule has 29 heavy (non-hydrogen) atoms. The zero-order valence-electron chi connectivity index (χ0n) is 16.6. The molecule has 1 aliphatic carbocycles. The lowest BCUT2D eigenvalue weighted by atomic mass is 9.99. The number of hydrogen-bond acceptors (Lipinski definition) is 7. The minimum Gasteiger partial charge on any atom is -0.493 e. The second-order valence-electron chi connectivity index (χ2n) is 7.19. The van der Waals surface area contributed by atoms with Gasteiger partial charge in [0.15, 0.2) is 11.5 Å². The zero-order chi connectivity index (χ0) is 20.6. The van der Waals surface area contributed by atoms with Crippen LogP contribution in [0, 0.1) is 0 Å². The van der Waals surface area contributed by atoms with Gasteiger partial charge in [0.1, 0.15) is 18.8 Å². The number of ether oxygens (including phenoxy) is 5. The lowest BCUT2D eigenvalue weighted by Crippen LogP contribution is -2.26. The smallest absolute Gasteiger partial charge is 0.338 e. The number of esters is 2.